The van der Waals surface area contributed by atoms with Gasteiger partial charge in [-0.15, -0.1) is 0 Å². The van der Waals surface area contributed by atoms with Crippen LogP contribution in [0.25, 0.3) is 0 Å². The van der Waals surface area contributed by atoms with E-state index in [-0.39, 0.29) is 0 Å². The lowest BCUT2D eigenvalue weighted by Crippen LogP contribution is -2.30. The van der Waals surface area contributed by atoms with E-state index in [1.54, 1.807) is 0 Å². The minimum Gasteiger partial charge on any atom is -0.329 e. The molecule has 0 spiro atoms. The van der Waals surface area contributed by atoms with E-state index in [4.69, 9.17) is 5.73 Å². The maximum atomic E-state index is 5.31. The fourth-order valence-electron chi connectivity index (χ4n) is 1.11. The van der Waals surface area contributed by atoms with Crippen LogP contribution in [0.1, 0.15) is 19.3 Å². The van der Waals surface area contributed by atoms with Crippen LogP contribution < -0.4 is 11.1 Å². The van der Waals surface area contributed by atoms with Crippen LogP contribution in [-0.2, 0) is 0 Å². The predicted octanol–water partition coefficient (Wildman–Crippen LogP) is 0.335. The smallest absolute Gasteiger partial charge is 0.00746 e. The average molecular weight is 128 g/mol. The lowest BCUT2D eigenvalue weighted by molar-refractivity contribution is 0.303. The van der Waals surface area contributed by atoms with Crippen LogP contribution in [0.3, 0.4) is 0 Å². The van der Waals surface area contributed by atoms with Gasteiger partial charge in [0.15, 0.2) is 0 Å². The third-order valence-electron chi connectivity index (χ3n) is 1.98. The highest BCUT2D eigenvalue weighted by Crippen LogP contribution is 2.24. The number of rotatable bonds is 4. The van der Waals surface area contributed by atoms with Crippen LogP contribution in [0.4, 0.5) is 0 Å². The molecular weight excluding hydrogens is 112 g/mol. The molecule has 0 aliphatic heterocycles. The Hall–Kier alpha value is -0.0800. The Balaban J connectivity index is 1.80. The van der Waals surface area contributed by atoms with E-state index >= 15 is 0 Å². The summed E-state index contributed by atoms with van der Waals surface area (Å²) in [4.78, 5) is 0. The standard InChI is InChI=1S/C7H16N2/c8-4-5-9-6-7-2-1-3-7/h7,9H,1-6,8H2. The first-order valence-electron chi connectivity index (χ1n) is 3.84. The molecule has 0 aromatic carbocycles. The summed E-state index contributed by atoms with van der Waals surface area (Å²) in [6.07, 6.45) is 4.30. The number of nitrogens with one attached hydrogen (secondary N) is 1. The van der Waals surface area contributed by atoms with Crippen molar-refractivity contribution in [3.05, 3.63) is 0 Å². The molecule has 1 saturated carbocycles. The first-order valence-corrected chi connectivity index (χ1v) is 3.84. The number of nitrogens with two attached hydrogens (primary N) is 1. The Morgan fingerprint density at radius 3 is 2.67 bits per heavy atom. The largest absolute Gasteiger partial charge is 0.329 e. The first-order chi connectivity index (χ1) is 4.43. The molecule has 0 bridgehead atoms. The normalized spacial score (nSPS) is 19.7. The maximum absolute atomic E-state index is 5.31. The minimum absolute atomic E-state index is 0.771. The zero-order valence-corrected chi connectivity index (χ0v) is 5.90. The predicted molar refractivity (Wildman–Crippen MR) is 39.3 cm³/mol. The Morgan fingerprint density at radius 2 is 2.22 bits per heavy atom. The Kier molecular flexibility index (Phi) is 3.01. The molecule has 0 radical (unpaired) electrons. The van der Waals surface area contributed by atoms with Crippen LogP contribution in [0.2, 0.25) is 0 Å². The molecule has 0 aromatic heterocycles. The topological polar surface area (TPSA) is 38.0 Å². The number of hydrogen-bond donors (Lipinski definition) is 2. The van der Waals surface area contributed by atoms with Crippen LogP contribution in [0.15, 0.2) is 0 Å². The van der Waals surface area contributed by atoms with Gasteiger partial charge in [0, 0.05) is 13.1 Å². The third-order valence-corrected chi connectivity index (χ3v) is 1.98. The van der Waals surface area contributed by atoms with Gasteiger partial charge in [0.2, 0.25) is 0 Å². The zero-order valence-electron chi connectivity index (χ0n) is 5.90. The molecule has 0 atom stereocenters. The first kappa shape index (κ1) is 7.03. The molecule has 9 heavy (non-hydrogen) atoms. The van der Waals surface area contributed by atoms with Crippen LogP contribution in [0, 0.1) is 5.92 Å². The van der Waals surface area contributed by atoms with Crippen LogP contribution >= 0.6 is 0 Å². The van der Waals surface area contributed by atoms with Gasteiger partial charge in [-0.1, -0.05) is 6.42 Å². The molecule has 54 valence electrons. The average Bonchev–Trinajstić information content (AvgIpc) is 1.76. The van der Waals surface area contributed by atoms with Gasteiger partial charge in [0.25, 0.3) is 0 Å². The summed E-state index contributed by atoms with van der Waals surface area (Å²) in [5.74, 6) is 0.969. The van der Waals surface area contributed by atoms with Crippen LogP contribution in [-0.4, -0.2) is 19.6 Å². The van der Waals surface area contributed by atoms with Gasteiger partial charge in [-0.2, -0.15) is 0 Å². The molecule has 0 aromatic rings. The van der Waals surface area contributed by atoms with E-state index in [1.807, 2.05) is 0 Å². The quantitative estimate of drug-likeness (QED) is 0.536. The second-order valence-corrected chi connectivity index (χ2v) is 2.79. The Labute approximate surface area is 56.8 Å². The van der Waals surface area contributed by atoms with Crippen molar-refractivity contribution in [3.8, 4) is 0 Å². The molecule has 0 unspecified atom stereocenters. The number of hydrogen-bond acceptors (Lipinski definition) is 2. The van der Waals surface area contributed by atoms with Gasteiger partial charge < -0.3 is 11.1 Å². The van der Waals surface area contributed by atoms with E-state index in [0.29, 0.717) is 0 Å². The van der Waals surface area contributed by atoms with Crippen molar-refractivity contribution in [2.45, 2.75) is 19.3 Å². The molecule has 1 aliphatic carbocycles. The highest BCUT2D eigenvalue weighted by Gasteiger charge is 2.15. The second kappa shape index (κ2) is 3.85. The lowest BCUT2D eigenvalue weighted by atomic mass is 9.85. The summed E-state index contributed by atoms with van der Waals surface area (Å²) in [6.45, 7) is 2.94. The summed E-state index contributed by atoms with van der Waals surface area (Å²) in [5.41, 5.74) is 5.31. The molecule has 0 heterocycles. The molecular formula is C7H16N2. The van der Waals surface area contributed by atoms with Gasteiger partial charge in [0.1, 0.15) is 0 Å². The molecule has 2 heteroatoms. The van der Waals surface area contributed by atoms with Crippen molar-refractivity contribution in [3.63, 3.8) is 0 Å². The van der Waals surface area contributed by atoms with E-state index in [2.05, 4.69) is 5.32 Å². The molecule has 2 nitrogen and oxygen atoms in total. The highest BCUT2D eigenvalue weighted by molar-refractivity contribution is 4.71. The summed E-state index contributed by atoms with van der Waals surface area (Å²) >= 11 is 0. The van der Waals surface area contributed by atoms with E-state index in [1.165, 1.54) is 25.8 Å². The van der Waals surface area contributed by atoms with Gasteiger partial charge in [-0.25, -0.2) is 0 Å². The van der Waals surface area contributed by atoms with Crippen molar-refractivity contribution in [1.82, 2.24) is 5.32 Å². The van der Waals surface area contributed by atoms with E-state index in [9.17, 15) is 0 Å². The summed E-state index contributed by atoms with van der Waals surface area (Å²) in [5, 5.41) is 3.31. The monoisotopic (exact) mass is 128 g/mol. The van der Waals surface area contributed by atoms with Gasteiger partial charge in [-0.05, 0) is 25.3 Å². The SMILES string of the molecule is NCCNCC1CCC1. The van der Waals surface area contributed by atoms with Gasteiger partial charge in [0.05, 0.1) is 0 Å². The van der Waals surface area contributed by atoms with E-state index in [0.717, 1.165) is 19.0 Å². The Bertz CT molecular complexity index is 69.3. The molecule has 0 saturated heterocycles. The lowest BCUT2D eigenvalue weighted by Gasteiger charge is -2.25. The zero-order chi connectivity index (χ0) is 6.53. The van der Waals surface area contributed by atoms with Crippen LogP contribution in [0.5, 0.6) is 0 Å². The van der Waals surface area contributed by atoms with Crippen molar-refractivity contribution in [2.75, 3.05) is 19.6 Å². The van der Waals surface area contributed by atoms with Crippen molar-refractivity contribution in [2.24, 2.45) is 11.7 Å². The summed E-state index contributed by atoms with van der Waals surface area (Å²) < 4.78 is 0. The molecule has 1 aliphatic rings. The van der Waals surface area contributed by atoms with Gasteiger partial charge in [-0.3, -0.25) is 0 Å². The minimum atomic E-state index is 0.771. The molecule has 0 amide bonds. The van der Waals surface area contributed by atoms with Crippen molar-refractivity contribution in [1.29, 1.82) is 0 Å². The maximum Gasteiger partial charge on any atom is 0.00746 e. The third kappa shape index (κ3) is 2.33. The Morgan fingerprint density at radius 1 is 1.44 bits per heavy atom. The fourth-order valence-corrected chi connectivity index (χ4v) is 1.11. The second-order valence-electron chi connectivity index (χ2n) is 2.79. The summed E-state index contributed by atoms with van der Waals surface area (Å²) in [6, 6.07) is 0. The van der Waals surface area contributed by atoms with E-state index < -0.39 is 0 Å². The summed E-state index contributed by atoms with van der Waals surface area (Å²) in [7, 11) is 0. The highest BCUT2D eigenvalue weighted by atomic mass is 14.9. The van der Waals surface area contributed by atoms with Crippen molar-refractivity contribution < 1.29 is 0 Å². The molecule has 1 rings (SSSR count). The van der Waals surface area contributed by atoms with Gasteiger partial charge >= 0.3 is 0 Å². The fraction of sp³-hybridized carbons (Fsp3) is 1.00. The molecule has 1 fully saturated rings. The van der Waals surface area contributed by atoms with Crippen molar-refractivity contribution >= 4 is 0 Å². The molecule has 3 N–H and O–H groups in total.